The summed E-state index contributed by atoms with van der Waals surface area (Å²) in [5.74, 6) is -0.0343. The third-order valence-corrected chi connectivity index (χ3v) is 1.80. The number of amides is 1. The molecule has 0 aromatic carbocycles. The minimum absolute atomic E-state index is 0.0343. The number of nitrogens with one attached hydrogen (secondary N) is 1. The number of hydrogen-bond acceptors (Lipinski definition) is 3. The van der Waals surface area contributed by atoms with E-state index in [2.05, 4.69) is 15.3 Å². The summed E-state index contributed by atoms with van der Waals surface area (Å²) in [6.07, 6.45) is 3.62. The lowest BCUT2D eigenvalue weighted by Crippen LogP contribution is -2.12. The van der Waals surface area contributed by atoms with Gasteiger partial charge in [-0.2, -0.15) is 0 Å². The molecule has 1 aromatic rings. The fourth-order valence-corrected chi connectivity index (χ4v) is 1.25. The van der Waals surface area contributed by atoms with Crippen LogP contribution in [0.4, 0.5) is 11.4 Å². The Labute approximate surface area is 75.7 Å². The van der Waals surface area contributed by atoms with Crippen LogP contribution < -0.4 is 5.32 Å². The van der Waals surface area contributed by atoms with Crippen LogP contribution in [0.25, 0.3) is 0 Å². The Bertz CT molecular complexity index is 384. The van der Waals surface area contributed by atoms with Gasteiger partial charge in [0.05, 0.1) is 24.0 Å². The molecule has 4 nitrogen and oxygen atoms in total. The molecule has 2 heterocycles. The minimum Gasteiger partial charge on any atom is -0.323 e. The molecule has 1 aromatic heterocycles. The molecule has 0 saturated carbocycles. The predicted octanol–water partition coefficient (Wildman–Crippen LogP) is 1.52. The van der Waals surface area contributed by atoms with Crippen LogP contribution in [0, 0.1) is 0 Å². The summed E-state index contributed by atoms with van der Waals surface area (Å²) in [6, 6.07) is 1.78. The van der Waals surface area contributed by atoms with Crippen molar-refractivity contribution in [3.05, 3.63) is 18.5 Å². The Morgan fingerprint density at radius 1 is 1.54 bits per heavy atom. The van der Waals surface area contributed by atoms with Crippen molar-refractivity contribution in [2.45, 2.75) is 13.3 Å². The summed E-state index contributed by atoms with van der Waals surface area (Å²) in [4.78, 5) is 19.4. The molecule has 1 amide bonds. The SMILES string of the molecule is CC1=Nc2ccncc2NC(=O)C1. The first kappa shape index (κ1) is 7.91. The van der Waals surface area contributed by atoms with E-state index in [-0.39, 0.29) is 5.91 Å². The van der Waals surface area contributed by atoms with Gasteiger partial charge in [0.15, 0.2) is 0 Å². The fourth-order valence-electron chi connectivity index (χ4n) is 1.25. The van der Waals surface area contributed by atoms with Gasteiger partial charge in [-0.3, -0.25) is 14.8 Å². The first-order valence-corrected chi connectivity index (χ1v) is 4.04. The first-order valence-electron chi connectivity index (χ1n) is 4.04. The zero-order valence-electron chi connectivity index (χ0n) is 7.24. The van der Waals surface area contributed by atoms with Gasteiger partial charge < -0.3 is 5.32 Å². The molecule has 4 heteroatoms. The van der Waals surface area contributed by atoms with Crippen molar-refractivity contribution in [3.8, 4) is 0 Å². The molecule has 0 unspecified atom stereocenters. The van der Waals surface area contributed by atoms with Crippen molar-refractivity contribution in [1.29, 1.82) is 0 Å². The highest BCUT2D eigenvalue weighted by atomic mass is 16.1. The van der Waals surface area contributed by atoms with Crippen LogP contribution in [0.1, 0.15) is 13.3 Å². The van der Waals surface area contributed by atoms with Crippen molar-refractivity contribution in [2.24, 2.45) is 4.99 Å². The maximum Gasteiger partial charge on any atom is 0.230 e. The fraction of sp³-hybridized carbons (Fsp3) is 0.222. The van der Waals surface area contributed by atoms with Crippen molar-refractivity contribution in [1.82, 2.24) is 4.98 Å². The zero-order valence-corrected chi connectivity index (χ0v) is 7.24. The largest absolute Gasteiger partial charge is 0.323 e. The average Bonchev–Trinajstić information content (AvgIpc) is 2.20. The van der Waals surface area contributed by atoms with E-state index in [1.54, 1.807) is 18.5 Å². The Morgan fingerprint density at radius 3 is 3.23 bits per heavy atom. The van der Waals surface area contributed by atoms with Gasteiger partial charge in [0.1, 0.15) is 0 Å². The molecule has 0 fully saturated rings. The van der Waals surface area contributed by atoms with Gasteiger partial charge in [0.2, 0.25) is 5.91 Å². The highest BCUT2D eigenvalue weighted by Crippen LogP contribution is 2.25. The number of anilines is 1. The number of carbonyl (C=O) groups is 1. The van der Waals surface area contributed by atoms with Crippen LogP contribution >= 0.6 is 0 Å². The van der Waals surface area contributed by atoms with Crippen LogP contribution in [0.2, 0.25) is 0 Å². The van der Waals surface area contributed by atoms with E-state index in [4.69, 9.17) is 0 Å². The van der Waals surface area contributed by atoms with E-state index >= 15 is 0 Å². The van der Waals surface area contributed by atoms with Gasteiger partial charge in [-0.05, 0) is 13.0 Å². The summed E-state index contributed by atoms with van der Waals surface area (Å²) in [7, 11) is 0. The number of pyridine rings is 1. The van der Waals surface area contributed by atoms with Gasteiger partial charge in [0, 0.05) is 11.9 Å². The Morgan fingerprint density at radius 2 is 2.38 bits per heavy atom. The lowest BCUT2D eigenvalue weighted by molar-refractivity contribution is -0.115. The lowest BCUT2D eigenvalue weighted by atomic mass is 10.3. The van der Waals surface area contributed by atoms with E-state index < -0.39 is 0 Å². The molecule has 0 atom stereocenters. The average molecular weight is 175 g/mol. The molecule has 0 aliphatic carbocycles. The van der Waals surface area contributed by atoms with Crippen molar-refractivity contribution < 1.29 is 4.79 Å². The van der Waals surface area contributed by atoms with Crippen LogP contribution in [0.15, 0.2) is 23.5 Å². The molecule has 0 spiro atoms. The number of fused-ring (bicyclic) bond motifs is 1. The zero-order chi connectivity index (χ0) is 9.26. The summed E-state index contributed by atoms with van der Waals surface area (Å²) >= 11 is 0. The highest BCUT2D eigenvalue weighted by Gasteiger charge is 2.12. The van der Waals surface area contributed by atoms with Crippen LogP contribution in [-0.4, -0.2) is 16.6 Å². The summed E-state index contributed by atoms with van der Waals surface area (Å²) in [6.45, 7) is 1.84. The third-order valence-electron chi connectivity index (χ3n) is 1.80. The Kier molecular flexibility index (Phi) is 1.81. The number of carbonyl (C=O) groups excluding carboxylic acids is 1. The lowest BCUT2D eigenvalue weighted by Gasteiger charge is -2.01. The number of aromatic nitrogens is 1. The molecule has 1 N–H and O–H groups in total. The Hall–Kier alpha value is -1.71. The molecule has 0 bridgehead atoms. The molecule has 13 heavy (non-hydrogen) atoms. The second-order valence-electron chi connectivity index (χ2n) is 2.96. The standard InChI is InChI=1S/C9H9N3O/c1-6-4-9(13)12-8-5-10-3-2-7(8)11-6/h2-3,5H,4H2,1H3,(H,12,13). The van der Waals surface area contributed by atoms with E-state index in [0.29, 0.717) is 12.1 Å². The van der Waals surface area contributed by atoms with Crippen molar-refractivity contribution >= 4 is 23.0 Å². The first-order chi connectivity index (χ1) is 6.25. The van der Waals surface area contributed by atoms with Gasteiger partial charge in [-0.1, -0.05) is 0 Å². The number of nitrogens with zero attached hydrogens (tertiary/aromatic N) is 2. The Balaban J connectivity index is 2.51. The quantitative estimate of drug-likeness (QED) is 0.649. The maximum absolute atomic E-state index is 11.2. The molecular weight excluding hydrogens is 166 g/mol. The number of hydrogen-bond donors (Lipinski definition) is 1. The van der Waals surface area contributed by atoms with Crippen molar-refractivity contribution in [2.75, 3.05) is 5.32 Å². The van der Waals surface area contributed by atoms with E-state index in [0.717, 1.165) is 11.4 Å². The van der Waals surface area contributed by atoms with Gasteiger partial charge >= 0.3 is 0 Å². The number of aliphatic imine (C=N–C) groups is 1. The molecule has 1 aliphatic heterocycles. The number of rotatable bonds is 0. The van der Waals surface area contributed by atoms with Crippen LogP contribution in [0.3, 0.4) is 0 Å². The normalized spacial score (nSPS) is 15.5. The smallest absolute Gasteiger partial charge is 0.230 e. The second-order valence-corrected chi connectivity index (χ2v) is 2.96. The van der Waals surface area contributed by atoms with Gasteiger partial charge in [0.25, 0.3) is 0 Å². The molecular formula is C9H9N3O. The highest BCUT2D eigenvalue weighted by molar-refractivity contribution is 6.09. The summed E-state index contributed by atoms with van der Waals surface area (Å²) in [5, 5.41) is 2.74. The third kappa shape index (κ3) is 1.56. The molecule has 66 valence electrons. The van der Waals surface area contributed by atoms with Gasteiger partial charge in [-0.25, -0.2) is 0 Å². The van der Waals surface area contributed by atoms with Crippen molar-refractivity contribution in [3.63, 3.8) is 0 Å². The maximum atomic E-state index is 11.2. The molecule has 1 aliphatic rings. The van der Waals surface area contributed by atoms with E-state index in [1.165, 1.54) is 0 Å². The minimum atomic E-state index is -0.0343. The topological polar surface area (TPSA) is 54.4 Å². The van der Waals surface area contributed by atoms with E-state index in [9.17, 15) is 4.79 Å². The predicted molar refractivity (Wildman–Crippen MR) is 50.3 cm³/mol. The second kappa shape index (κ2) is 2.97. The molecule has 0 radical (unpaired) electrons. The van der Waals surface area contributed by atoms with Gasteiger partial charge in [-0.15, -0.1) is 0 Å². The van der Waals surface area contributed by atoms with Crippen LogP contribution in [-0.2, 0) is 4.79 Å². The van der Waals surface area contributed by atoms with E-state index in [1.807, 2.05) is 6.92 Å². The molecule has 2 rings (SSSR count). The van der Waals surface area contributed by atoms with Crippen LogP contribution in [0.5, 0.6) is 0 Å². The monoisotopic (exact) mass is 175 g/mol. The molecule has 0 saturated heterocycles. The summed E-state index contributed by atoms with van der Waals surface area (Å²) < 4.78 is 0. The summed E-state index contributed by atoms with van der Waals surface area (Å²) in [5.41, 5.74) is 2.28.